The Morgan fingerprint density at radius 2 is 1.62 bits per heavy atom. The maximum Gasteiger partial charge on any atom is 0.408 e. The molecule has 0 bridgehead atoms. The third kappa shape index (κ3) is 9.98. The molecular formula is C31H38N2O6. The first-order chi connectivity index (χ1) is 18.5. The molecule has 0 aromatic heterocycles. The van der Waals surface area contributed by atoms with Gasteiger partial charge >= 0.3 is 12.1 Å². The predicted octanol–water partition coefficient (Wildman–Crippen LogP) is 5.65. The Hall–Kier alpha value is -4.04. The van der Waals surface area contributed by atoms with Crippen molar-refractivity contribution in [1.29, 1.82) is 0 Å². The summed E-state index contributed by atoms with van der Waals surface area (Å²) >= 11 is 0. The molecule has 0 aliphatic rings. The maximum atomic E-state index is 12.2. The SMILES string of the molecule is Cc1cccc(COc2ccccc2CN(CC[C@@H](NC(=O)OC(C)(C)C)C(=O)O)Cc2ccccc2O)c1. The van der Waals surface area contributed by atoms with Crippen LogP contribution >= 0.6 is 0 Å². The summed E-state index contributed by atoms with van der Waals surface area (Å²) in [6, 6.07) is 21.8. The van der Waals surface area contributed by atoms with Crippen LogP contribution in [0.1, 0.15) is 49.4 Å². The minimum Gasteiger partial charge on any atom is -0.508 e. The molecule has 208 valence electrons. The predicted molar refractivity (Wildman–Crippen MR) is 150 cm³/mol. The Morgan fingerprint density at radius 3 is 2.28 bits per heavy atom. The van der Waals surface area contributed by atoms with Gasteiger partial charge in [-0.2, -0.15) is 0 Å². The van der Waals surface area contributed by atoms with Crippen molar-refractivity contribution in [3.8, 4) is 11.5 Å². The van der Waals surface area contributed by atoms with Crippen LogP contribution < -0.4 is 10.1 Å². The van der Waals surface area contributed by atoms with Crippen LogP contribution in [0.25, 0.3) is 0 Å². The fourth-order valence-corrected chi connectivity index (χ4v) is 4.10. The number of aryl methyl sites for hydroxylation is 1. The highest BCUT2D eigenvalue weighted by molar-refractivity contribution is 5.80. The van der Waals surface area contributed by atoms with E-state index in [2.05, 4.69) is 11.4 Å². The van der Waals surface area contributed by atoms with Crippen LogP contribution in [0.5, 0.6) is 11.5 Å². The molecule has 0 fully saturated rings. The Morgan fingerprint density at radius 1 is 0.949 bits per heavy atom. The van der Waals surface area contributed by atoms with Gasteiger partial charge in [-0.3, -0.25) is 4.90 Å². The number of aliphatic carboxylic acids is 1. The Bertz CT molecular complexity index is 1250. The lowest BCUT2D eigenvalue weighted by atomic mass is 10.1. The second-order valence-corrected chi connectivity index (χ2v) is 10.6. The van der Waals surface area contributed by atoms with E-state index in [1.807, 2.05) is 66.4 Å². The molecule has 1 amide bonds. The summed E-state index contributed by atoms with van der Waals surface area (Å²) < 4.78 is 11.4. The van der Waals surface area contributed by atoms with Gasteiger partial charge in [-0.05, 0) is 51.8 Å². The highest BCUT2D eigenvalue weighted by atomic mass is 16.6. The van der Waals surface area contributed by atoms with Crippen molar-refractivity contribution in [1.82, 2.24) is 10.2 Å². The summed E-state index contributed by atoms with van der Waals surface area (Å²) in [6.07, 6.45) is -0.647. The van der Waals surface area contributed by atoms with Gasteiger partial charge in [-0.15, -0.1) is 0 Å². The number of ether oxygens (including phenoxy) is 2. The van der Waals surface area contributed by atoms with Crippen LogP contribution in [0.2, 0.25) is 0 Å². The van der Waals surface area contributed by atoms with E-state index in [-0.39, 0.29) is 12.2 Å². The van der Waals surface area contributed by atoms with Crippen molar-refractivity contribution in [2.24, 2.45) is 0 Å². The number of nitrogens with one attached hydrogen (secondary N) is 1. The number of carbonyl (C=O) groups excluding carboxylic acids is 1. The third-order valence-electron chi connectivity index (χ3n) is 5.95. The highest BCUT2D eigenvalue weighted by Crippen LogP contribution is 2.24. The van der Waals surface area contributed by atoms with Crippen LogP contribution in [-0.2, 0) is 29.2 Å². The summed E-state index contributed by atoms with van der Waals surface area (Å²) in [4.78, 5) is 26.2. The van der Waals surface area contributed by atoms with E-state index in [1.165, 1.54) is 0 Å². The molecule has 8 heteroatoms. The van der Waals surface area contributed by atoms with Gasteiger partial charge in [0.05, 0.1) is 0 Å². The van der Waals surface area contributed by atoms with E-state index in [0.717, 1.165) is 22.4 Å². The molecule has 3 N–H and O–H groups in total. The van der Waals surface area contributed by atoms with Crippen LogP contribution in [0.4, 0.5) is 4.79 Å². The van der Waals surface area contributed by atoms with Gasteiger partial charge < -0.3 is 25.0 Å². The van der Waals surface area contributed by atoms with E-state index < -0.39 is 23.7 Å². The van der Waals surface area contributed by atoms with E-state index in [0.29, 0.717) is 31.8 Å². The van der Waals surface area contributed by atoms with E-state index in [4.69, 9.17) is 9.47 Å². The van der Waals surface area contributed by atoms with Crippen molar-refractivity contribution < 1.29 is 29.3 Å². The van der Waals surface area contributed by atoms with Crippen molar-refractivity contribution in [2.45, 2.75) is 65.5 Å². The van der Waals surface area contributed by atoms with Crippen molar-refractivity contribution in [2.75, 3.05) is 6.54 Å². The summed E-state index contributed by atoms with van der Waals surface area (Å²) in [5, 5.41) is 22.6. The number of hydrogen-bond donors (Lipinski definition) is 3. The van der Waals surface area contributed by atoms with Gasteiger partial charge in [0.2, 0.25) is 0 Å². The third-order valence-corrected chi connectivity index (χ3v) is 5.95. The molecule has 0 heterocycles. The number of amides is 1. The molecule has 0 spiro atoms. The first kappa shape index (κ1) is 29.5. The van der Waals surface area contributed by atoms with Crippen LogP contribution in [0.3, 0.4) is 0 Å². The highest BCUT2D eigenvalue weighted by Gasteiger charge is 2.25. The number of aromatic hydroxyl groups is 1. The number of hydrogen-bond acceptors (Lipinski definition) is 6. The van der Waals surface area contributed by atoms with Crippen molar-refractivity contribution in [3.05, 3.63) is 95.1 Å². The largest absolute Gasteiger partial charge is 0.508 e. The minimum absolute atomic E-state index is 0.133. The standard InChI is InChI=1S/C31H38N2O6/c1-22-10-9-11-23(18-22)21-38-28-15-8-6-13-25(28)20-33(19-24-12-5-7-14-27(24)34)17-16-26(29(35)36)32-30(37)39-31(2,3)4/h5-15,18,26,34H,16-17,19-21H2,1-4H3,(H,32,37)(H,35,36)/t26-/m1/s1. The summed E-state index contributed by atoms with van der Waals surface area (Å²) in [5.41, 5.74) is 3.11. The zero-order valence-corrected chi connectivity index (χ0v) is 23.0. The molecule has 0 aliphatic heterocycles. The van der Waals surface area contributed by atoms with Crippen LogP contribution in [-0.4, -0.2) is 45.4 Å². The lowest BCUT2D eigenvalue weighted by molar-refractivity contribution is -0.139. The van der Waals surface area contributed by atoms with Crippen LogP contribution in [0.15, 0.2) is 72.8 Å². The maximum absolute atomic E-state index is 12.2. The summed E-state index contributed by atoms with van der Waals surface area (Å²) in [6.45, 7) is 8.75. The Labute approximate surface area is 230 Å². The first-order valence-corrected chi connectivity index (χ1v) is 13.0. The lowest BCUT2D eigenvalue weighted by Gasteiger charge is -2.26. The molecule has 3 rings (SSSR count). The zero-order valence-electron chi connectivity index (χ0n) is 23.0. The molecule has 0 radical (unpaired) electrons. The fourth-order valence-electron chi connectivity index (χ4n) is 4.10. The van der Waals surface area contributed by atoms with Crippen LogP contribution in [0, 0.1) is 6.92 Å². The van der Waals surface area contributed by atoms with Crippen molar-refractivity contribution >= 4 is 12.1 Å². The molecular weight excluding hydrogens is 496 g/mol. The van der Waals surface area contributed by atoms with E-state index in [9.17, 15) is 19.8 Å². The summed E-state index contributed by atoms with van der Waals surface area (Å²) in [5.74, 6) is -0.263. The lowest BCUT2D eigenvalue weighted by Crippen LogP contribution is -2.45. The molecule has 0 aliphatic carbocycles. The molecule has 1 atom stereocenters. The molecule has 0 saturated heterocycles. The smallest absolute Gasteiger partial charge is 0.408 e. The number of carboxylic acids is 1. The topological polar surface area (TPSA) is 108 Å². The van der Waals surface area contributed by atoms with Gasteiger partial charge in [0.25, 0.3) is 0 Å². The average molecular weight is 535 g/mol. The number of nitrogens with zero attached hydrogens (tertiary/aromatic N) is 1. The molecule has 3 aromatic carbocycles. The number of benzene rings is 3. The minimum atomic E-state index is -1.15. The molecule has 3 aromatic rings. The summed E-state index contributed by atoms with van der Waals surface area (Å²) in [7, 11) is 0. The van der Waals surface area contributed by atoms with Gasteiger partial charge in [0, 0.05) is 30.8 Å². The number of alkyl carbamates (subject to hydrolysis) is 1. The quantitative estimate of drug-likeness (QED) is 0.276. The normalized spacial score (nSPS) is 12.1. The fraction of sp³-hybridized carbons (Fsp3) is 0.355. The molecule has 8 nitrogen and oxygen atoms in total. The number of phenolic OH excluding ortho intramolecular Hbond substituents is 1. The Kier molecular flexibility index (Phi) is 10.3. The zero-order chi connectivity index (χ0) is 28.4. The monoisotopic (exact) mass is 534 g/mol. The number of rotatable bonds is 12. The average Bonchev–Trinajstić information content (AvgIpc) is 2.86. The Balaban J connectivity index is 1.76. The molecule has 39 heavy (non-hydrogen) atoms. The number of carbonyl (C=O) groups is 2. The number of phenols is 1. The number of para-hydroxylation sites is 2. The van der Waals surface area contributed by atoms with Gasteiger partial charge in [-0.25, -0.2) is 9.59 Å². The number of carboxylic acid groups (broad SMARTS) is 1. The second kappa shape index (κ2) is 13.7. The second-order valence-electron chi connectivity index (χ2n) is 10.6. The van der Waals surface area contributed by atoms with Gasteiger partial charge in [0.15, 0.2) is 0 Å². The van der Waals surface area contributed by atoms with Gasteiger partial charge in [0.1, 0.15) is 29.7 Å². The molecule has 0 saturated carbocycles. The first-order valence-electron chi connectivity index (χ1n) is 13.0. The van der Waals surface area contributed by atoms with Crippen molar-refractivity contribution in [3.63, 3.8) is 0 Å². The van der Waals surface area contributed by atoms with E-state index in [1.54, 1.807) is 32.9 Å². The molecule has 0 unspecified atom stereocenters. The van der Waals surface area contributed by atoms with Gasteiger partial charge in [-0.1, -0.05) is 66.2 Å². The van der Waals surface area contributed by atoms with E-state index >= 15 is 0 Å².